The predicted molar refractivity (Wildman–Crippen MR) is 61.2 cm³/mol. The van der Waals surface area contributed by atoms with Crippen LogP contribution in [0.5, 0.6) is 0 Å². The van der Waals surface area contributed by atoms with Gasteiger partial charge in [0.2, 0.25) is 5.91 Å². The van der Waals surface area contributed by atoms with E-state index in [4.69, 9.17) is 0 Å². The summed E-state index contributed by atoms with van der Waals surface area (Å²) in [5.41, 5.74) is -0.100. The molecule has 0 fully saturated rings. The van der Waals surface area contributed by atoms with Crippen LogP contribution in [0.1, 0.15) is 60.3 Å². The van der Waals surface area contributed by atoms with Gasteiger partial charge in [-0.05, 0) is 33.6 Å². The first-order valence-electron chi connectivity index (χ1n) is 5.72. The Labute approximate surface area is 88.5 Å². The molecular formula is C12H25NO. The van der Waals surface area contributed by atoms with E-state index in [1.54, 1.807) is 0 Å². The van der Waals surface area contributed by atoms with Crippen LogP contribution in [0, 0.1) is 5.92 Å². The quantitative estimate of drug-likeness (QED) is 0.724. The van der Waals surface area contributed by atoms with Gasteiger partial charge in [-0.1, -0.05) is 26.7 Å². The Bertz CT molecular complexity index is 170. The number of carbonyl (C=O) groups is 1. The van der Waals surface area contributed by atoms with Gasteiger partial charge in [0.05, 0.1) is 0 Å². The normalized spacial score (nSPS) is 13.8. The third-order valence-corrected chi connectivity index (χ3v) is 2.27. The lowest BCUT2D eigenvalue weighted by Gasteiger charge is -2.24. The van der Waals surface area contributed by atoms with Crippen LogP contribution in [0.3, 0.4) is 0 Å². The number of rotatable bonds is 5. The second-order valence-electron chi connectivity index (χ2n) is 4.99. The largest absolute Gasteiger partial charge is 0.351 e. The molecule has 0 radical (unpaired) electrons. The lowest BCUT2D eigenvalue weighted by Crippen LogP contribution is -2.43. The molecule has 0 heterocycles. The molecule has 0 aromatic heterocycles. The van der Waals surface area contributed by atoms with E-state index in [1.807, 2.05) is 20.8 Å². The van der Waals surface area contributed by atoms with Crippen molar-refractivity contribution < 1.29 is 4.79 Å². The molecule has 0 aromatic carbocycles. The van der Waals surface area contributed by atoms with Crippen molar-refractivity contribution in [2.45, 2.75) is 65.8 Å². The van der Waals surface area contributed by atoms with Crippen molar-refractivity contribution in [1.82, 2.24) is 5.32 Å². The predicted octanol–water partition coefficient (Wildman–Crippen LogP) is 3.12. The molecule has 0 saturated carbocycles. The molecule has 0 aliphatic heterocycles. The van der Waals surface area contributed by atoms with Crippen molar-refractivity contribution in [1.29, 1.82) is 0 Å². The van der Waals surface area contributed by atoms with Crippen molar-refractivity contribution in [2.75, 3.05) is 0 Å². The second-order valence-corrected chi connectivity index (χ2v) is 4.99. The van der Waals surface area contributed by atoms with Gasteiger partial charge in [-0.3, -0.25) is 4.79 Å². The van der Waals surface area contributed by atoms with Gasteiger partial charge in [-0.25, -0.2) is 0 Å². The van der Waals surface area contributed by atoms with Crippen molar-refractivity contribution in [2.24, 2.45) is 5.92 Å². The molecule has 0 aromatic rings. The van der Waals surface area contributed by atoms with Crippen LogP contribution in [0.25, 0.3) is 0 Å². The van der Waals surface area contributed by atoms with E-state index in [1.165, 1.54) is 6.42 Å². The summed E-state index contributed by atoms with van der Waals surface area (Å²) in [6.07, 6.45) is 4.28. The van der Waals surface area contributed by atoms with E-state index < -0.39 is 0 Å². The standard InChI is InChI=1S/C12H25NO/c1-6-8-9-10(7-2)11(14)13-12(3,4)5/h10H,6-9H2,1-5H3,(H,13,14)/t10-/m0/s1. The van der Waals surface area contributed by atoms with E-state index >= 15 is 0 Å². The summed E-state index contributed by atoms with van der Waals surface area (Å²) < 4.78 is 0. The first-order chi connectivity index (χ1) is 6.40. The van der Waals surface area contributed by atoms with Crippen LogP contribution in [0.15, 0.2) is 0 Å². The fourth-order valence-corrected chi connectivity index (χ4v) is 1.44. The summed E-state index contributed by atoms with van der Waals surface area (Å²) in [6.45, 7) is 10.3. The van der Waals surface area contributed by atoms with Crippen molar-refractivity contribution in [3.05, 3.63) is 0 Å². The fourth-order valence-electron chi connectivity index (χ4n) is 1.44. The highest BCUT2D eigenvalue weighted by atomic mass is 16.2. The molecule has 0 saturated heterocycles. The maximum absolute atomic E-state index is 11.8. The van der Waals surface area contributed by atoms with Gasteiger partial charge in [-0.2, -0.15) is 0 Å². The molecule has 0 bridgehead atoms. The molecule has 0 rings (SSSR count). The highest BCUT2D eigenvalue weighted by molar-refractivity contribution is 5.79. The average Bonchev–Trinajstić information content (AvgIpc) is 2.02. The third kappa shape index (κ3) is 6.01. The van der Waals surface area contributed by atoms with Crippen LogP contribution < -0.4 is 5.32 Å². The number of carbonyl (C=O) groups excluding carboxylic acids is 1. The lowest BCUT2D eigenvalue weighted by molar-refractivity contribution is -0.126. The molecular weight excluding hydrogens is 174 g/mol. The van der Waals surface area contributed by atoms with Crippen LogP contribution >= 0.6 is 0 Å². The second kappa shape index (κ2) is 6.05. The van der Waals surface area contributed by atoms with E-state index in [2.05, 4.69) is 19.2 Å². The first kappa shape index (κ1) is 13.5. The van der Waals surface area contributed by atoms with Crippen molar-refractivity contribution >= 4 is 5.91 Å². The number of unbranched alkanes of at least 4 members (excludes halogenated alkanes) is 1. The highest BCUT2D eigenvalue weighted by Gasteiger charge is 2.20. The zero-order chi connectivity index (χ0) is 11.2. The Hall–Kier alpha value is -0.530. The minimum absolute atomic E-state index is 0.100. The average molecular weight is 199 g/mol. The molecule has 1 amide bonds. The van der Waals surface area contributed by atoms with Crippen LogP contribution in [0.2, 0.25) is 0 Å². The van der Waals surface area contributed by atoms with E-state index in [0.29, 0.717) is 0 Å². The van der Waals surface area contributed by atoms with Crippen molar-refractivity contribution in [3.8, 4) is 0 Å². The van der Waals surface area contributed by atoms with Crippen molar-refractivity contribution in [3.63, 3.8) is 0 Å². The Morgan fingerprint density at radius 2 is 1.86 bits per heavy atom. The first-order valence-corrected chi connectivity index (χ1v) is 5.72. The molecule has 1 atom stereocenters. The summed E-state index contributed by atoms with van der Waals surface area (Å²) >= 11 is 0. The van der Waals surface area contributed by atoms with Gasteiger partial charge >= 0.3 is 0 Å². The zero-order valence-electron chi connectivity index (χ0n) is 10.3. The molecule has 14 heavy (non-hydrogen) atoms. The van der Waals surface area contributed by atoms with Gasteiger partial charge < -0.3 is 5.32 Å². The molecule has 0 spiro atoms. The molecule has 2 nitrogen and oxygen atoms in total. The summed E-state index contributed by atoms with van der Waals surface area (Å²) in [6, 6.07) is 0. The SMILES string of the molecule is CCCC[C@H](CC)C(=O)NC(C)(C)C. The minimum atomic E-state index is -0.100. The van der Waals surface area contributed by atoms with Gasteiger partial charge in [-0.15, -0.1) is 0 Å². The fraction of sp³-hybridized carbons (Fsp3) is 0.917. The van der Waals surface area contributed by atoms with Crippen LogP contribution in [-0.2, 0) is 4.79 Å². The summed E-state index contributed by atoms with van der Waals surface area (Å²) in [7, 11) is 0. The molecule has 0 aliphatic carbocycles. The number of amides is 1. The van der Waals surface area contributed by atoms with Gasteiger partial charge in [0.1, 0.15) is 0 Å². The Morgan fingerprint density at radius 1 is 1.29 bits per heavy atom. The lowest BCUT2D eigenvalue weighted by atomic mass is 9.97. The number of nitrogens with one attached hydrogen (secondary N) is 1. The topological polar surface area (TPSA) is 29.1 Å². The maximum atomic E-state index is 11.8. The van der Waals surface area contributed by atoms with Gasteiger partial charge in [0, 0.05) is 11.5 Å². The summed E-state index contributed by atoms with van der Waals surface area (Å²) in [4.78, 5) is 11.8. The summed E-state index contributed by atoms with van der Waals surface area (Å²) in [5.74, 6) is 0.419. The Balaban J connectivity index is 4.04. The Morgan fingerprint density at radius 3 is 2.21 bits per heavy atom. The van der Waals surface area contributed by atoms with E-state index in [9.17, 15) is 4.79 Å². The summed E-state index contributed by atoms with van der Waals surface area (Å²) in [5, 5.41) is 3.04. The van der Waals surface area contributed by atoms with E-state index in [0.717, 1.165) is 19.3 Å². The zero-order valence-corrected chi connectivity index (χ0v) is 10.3. The molecule has 0 aliphatic rings. The van der Waals surface area contributed by atoms with Crippen LogP contribution in [0.4, 0.5) is 0 Å². The molecule has 84 valence electrons. The molecule has 1 N–H and O–H groups in total. The highest BCUT2D eigenvalue weighted by Crippen LogP contribution is 2.14. The number of hydrogen-bond donors (Lipinski definition) is 1. The monoisotopic (exact) mass is 199 g/mol. The van der Waals surface area contributed by atoms with Gasteiger partial charge in [0.15, 0.2) is 0 Å². The van der Waals surface area contributed by atoms with Crippen LogP contribution in [-0.4, -0.2) is 11.4 Å². The minimum Gasteiger partial charge on any atom is -0.351 e. The molecule has 2 heteroatoms. The number of hydrogen-bond acceptors (Lipinski definition) is 1. The smallest absolute Gasteiger partial charge is 0.223 e. The third-order valence-electron chi connectivity index (χ3n) is 2.27. The van der Waals surface area contributed by atoms with Gasteiger partial charge in [0.25, 0.3) is 0 Å². The van der Waals surface area contributed by atoms with E-state index in [-0.39, 0.29) is 17.4 Å². The molecule has 0 unspecified atom stereocenters. The Kier molecular flexibility index (Phi) is 5.82. The maximum Gasteiger partial charge on any atom is 0.223 e.